The zero-order valence-corrected chi connectivity index (χ0v) is 15.1. The van der Waals surface area contributed by atoms with Gasteiger partial charge in [-0.05, 0) is 11.6 Å². The van der Waals surface area contributed by atoms with Gasteiger partial charge in [-0.25, -0.2) is 0 Å². The monoisotopic (exact) mass is 359 g/mol. The normalized spacial score (nSPS) is 10.3. The molecule has 25 heavy (non-hydrogen) atoms. The molecule has 0 saturated heterocycles. The number of nitrogens with one attached hydrogen (secondary N) is 1. The second kappa shape index (κ2) is 9.08. The molecule has 2 aromatic rings. The number of thioether (sulfide) groups is 1. The van der Waals surface area contributed by atoms with Gasteiger partial charge in [0.25, 0.3) is 11.6 Å². The molecule has 0 atom stereocenters. The fourth-order valence-corrected chi connectivity index (χ4v) is 3.12. The molecular formula is C18H21N3O3S. The minimum atomic E-state index is -0.494. The van der Waals surface area contributed by atoms with Crippen LogP contribution in [-0.4, -0.2) is 37.2 Å². The number of nitro groups is 1. The van der Waals surface area contributed by atoms with Gasteiger partial charge in [0, 0.05) is 50.0 Å². The molecule has 2 rings (SSSR count). The number of nitrogens with zero attached hydrogens (tertiary/aromatic N) is 2. The van der Waals surface area contributed by atoms with Gasteiger partial charge in [0.05, 0.1) is 10.5 Å². The molecule has 7 heteroatoms. The molecule has 6 nitrogen and oxygen atoms in total. The summed E-state index contributed by atoms with van der Waals surface area (Å²) in [5.74, 6) is 1.36. The zero-order valence-electron chi connectivity index (χ0n) is 14.3. The van der Waals surface area contributed by atoms with E-state index in [2.05, 4.69) is 17.4 Å². The molecule has 0 heterocycles. The van der Waals surface area contributed by atoms with Gasteiger partial charge < -0.3 is 10.2 Å². The van der Waals surface area contributed by atoms with Crippen molar-refractivity contribution in [3.8, 4) is 0 Å². The molecule has 0 aromatic heterocycles. The highest BCUT2D eigenvalue weighted by Gasteiger charge is 2.17. The third-order valence-electron chi connectivity index (χ3n) is 3.56. The lowest BCUT2D eigenvalue weighted by molar-refractivity contribution is -0.384. The first kappa shape index (κ1) is 18.8. The summed E-state index contributed by atoms with van der Waals surface area (Å²) >= 11 is 1.73. The van der Waals surface area contributed by atoms with Crippen LogP contribution in [0.15, 0.2) is 48.5 Å². The van der Waals surface area contributed by atoms with Gasteiger partial charge >= 0.3 is 0 Å². The van der Waals surface area contributed by atoms with Crippen molar-refractivity contribution in [3.05, 3.63) is 69.8 Å². The maximum Gasteiger partial charge on any atom is 0.270 e. The molecule has 132 valence electrons. The average molecular weight is 359 g/mol. The Morgan fingerprint density at radius 1 is 1.20 bits per heavy atom. The third kappa shape index (κ3) is 5.49. The van der Waals surface area contributed by atoms with Crippen LogP contribution in [0.2, 0.25) is 0 Å². The van der Waals surface area contributed by atoms with Gasteiger partial charge in [0.1, 0.15) is 0 Å². The molecule has 0 radical (unpaired) electrons. The zero-order chi connectivity index (χ0) is 18.2. The van der Waals surface area contributed by atoms with Crippen LogP contribution in [0.25, 0.3) is 0 Å². The van der Waals surface area contributed by atoms with Crippen LogP contribution in [0.5, 0.6) is 0 Å². The fourth-order valence-electron chi connectivity index (χ4n) is 2.31. The second-order valence-electron chi connectivity index (χ2n) is 5.65. The van der Waals surface area contributed by atoms with Crippen molar-refractivity contribution in [1.29, 1.82) is 0 Å². The Bertz CT molecular complexity index is 736. The third-order valence-corrected chi connectivity index (χ3v) is 4.59. The first-order chi connectivity index (χ1) is 12.0. The molecule has 0 saturated carbocycles. The van der Waals surface area contributed by atoms with E-state index in [1.54, 1.807) is 36.8 Å². The molecule has 0 spiro atoms. The summed E-state index contributed by atoms with van der Waals surface area (Å²) in [6.45, 7) is 0.506. The number of non-ortho nitro benzene ring substituents is 1. The molecule has 0 fully saturated rings. The molecule has 0 aliphatic heterocycles. The highest BCUT2D eigenvalue weighted by molar-refractivity contribution is 7.98. The molecule has 2 aromatic carbocycles. The molecule has 0 aliphatic carbocycles. The van der Waals surface area contributed by atoms with Crippen LogP contribution in [0.3, 0.4) is 0 Å². The van der Waals surface area contributed by atoms with E-state index in [-0.39, 0.29) is 11.6 Å². The summed E-state index contributed by atoms with van der Waals surface area (Å²) in [5.41, 5.74) is 2.12. The number of nitro benzene ring substituents is 1. The number of anilines is 1. The number of amides is 1. The quantitative estimate of drug-likeness (QED) is 0.444. The highest BCUT2D eigenvalue weighted by atomic mass is 32.2. The van der Waals surface area contributed by atoms with Crippen molar-refractivity contribution in [2.45, 2.75) is 5.75 Å². The predicted molar refractivity (Wildman–Crippen MR) is 102 cm³/mol. The van der Waals surface area contributed by atoms with Crippen molar-refractivity contribution in [1.82, 2.24) is 5.32 Å². The molecule has 0 unspecified atom stereocenters. The van der Waals surface area contributed by atoms with Crippen molar-refractivity contribution < 1.29 is 9.72 Å². The van der Waals surface area contributed by atoms with Crippen molar-refractivity contribution in [3.63, 3.8) is 0 Å². The summed E-state index contributed by atoms with van der Waals surface area (Å²) < 4.78 is 0. The Morgan fingerprint density at radius 3 is 2.56 bits per heavy atom. The van der Waals surface area contributed by atoms with E-state index >= 15 is 0 Å². The number of benzene rings is 2. The van der Waals surface area contributed by atoms with Crippen LogP contribution in [0.4, 0.5) is 11.4 Å². The van der Waals surface area contributed by atoms with Crippen LogP contribution in [-0.2, 0) is 5.75 Å². The van der Waals surface area contributed by atoms with E-state index in [1.165, 1.54) is 17.7 Å². The molecule has 1 amide bonds. The minimum absolute atomic E-state index is 0.0887. The topological polar surface area (TPSA) is 75.5 Å². The van der Waals surface area contributed by atoms with Gasteiger partial charge in [-0.15, -0.1) is 0 Å². The van der Waals surface area contributed by atoms with E-state index in [1.807, 2.05) is 18.2 Å². The maximum absolute atomic E-state index is 12.4. The fraction of sp³-hybridized carbons (Fsp3) is 0.278. The van der Waals surface area contributed by atoms with Crippen molar-refractivity contribution >= 4 is 29.0 Å². The summed E-state index contributed by atoms with van der Waals surface area (Å²) in [7, 11) is 3.60. The molecule has 1 N–H and O–H groups in total. The van der Waals surface area contributed by atoms with E-state index in [9.17, 15) is 14.9 Å². The standard InChI is InChI=1S/C18H21N3O3S/c1-20(2)17-9-8-15(21(23)24)12-16(17)18(22)19-10-11-25-13-14-6-4-3-5-7-14/h3-9,12H,10-11,13H2,1-2H3,(H,19,22). The lowest BCUT2D eigenvalue weighted by atomic mass is 10.1. The van der Waals surface area contributed by atoms with Crippen LogP contribution in [0, 0.1) is 10.1 Å². The smallest absolute Gasteiger partial charge is 0.270 e. The summed E-state index contributed by atoms with van der Waals surface area (Å²) in [6.07, 6.45) is 0. The second-order valence-corrected chi connectivity index (χ2v) is 6.75. The Labute approximate surface area is 151 Å². The van der Waals surface area contributed by atoms with E-state index in [4.69, 9.17) is 0 Å². The Balaban J connectivity index is 1.91. The van der Waals surface area contributed by atoms with Crippen LogP contribution >= 0.6 is 11.8 Å². The Hall–Kier alpha value is -2.54. The van der Waals surface area contributed by atoms with Gasteiger partial charge in [-0.2, -0.15) is 11.8 Å². The number of carbonyl (C=O) groups is 1. The number of carbonyl (C=O) groups excluding carboxylic acids is 1. The number of hydrogen-bond acceptors (Lipinski definition) is 5. The van der Waals surface area contributed by atoms with E-state index in [0.717, 1.165) is 11.5 Å². The van der Waals surface area contributed by atoms with Gasteiger partial charge in [-0.3, -0.25) is 14.9 Å². The van der Waals surface area contributed by atoms with Crippen LogP contribution < -0.4 is 10.2 Å². The first-order valence-electron chi connectivity index (χ1n) is 7.84. The minimum Gasteiger partial charge on any atom is -0.377 e. The number of rotatable bonds is 8. The number of hydrogen-bond donors (Lipinski definition) is 1. The van der Waals surface area contributed by atoms with Crippen LogP contribution in [0.1, 0.15) is 15.9 Å². The first-order valence-corrected chi connectivity index (χ1v) is 9.00. The largest absolute Gasteiger partial charge is 0.377 e. The summed E-state index contributed by atoms with van der Waals surface area (Å²) in [4.78, 5) is 24.6. The summed E-state index contributed by atoms with van der Waals surface area (Å²) in [6, 6.07) is 14.4. The SMILES string of the molecule is CN(C)c1ccc([N+](=O)[O-])cc1C(=O)NCCSCc1ccccc1. The summed E-state index contributed by atoms with van der Waals surface area (Å²) in [5, 5.41) is 13.8. The molecular weight excluding hydrogens is 338 g/mol. The Kier molecular flexibility index (Phi) is 6.82. The average Bonchev–Trinajstić information content (AvgIpc) is 2.61. The van der Waals surface area contributed by atoms with E-state index < -0.39 is 4.92 Å². The van der Waals surface area contributed by atoms with E-state index in [0.29, 0.717) is 17.8 Å². The van der Waals surface area contributed by atoms with Gasteiger partial charge in [0.15, 0.2) is 0 Å². The highest BCUT2D eigenvalue weighted by Crippen LogP contribution is 2.24. The lowest BCUT2D eigenvalue weighted by Gasteiger charge is -2.17. The maximum atomic E-state index is 12.4. The molecule has 0 aliphatic rings. The molecule has 0 bridgehead atoms. The van der Waals surface area contributed by atoms with Crippen molar-refractivity contribution in [2.24, 2.45) is 0 Å². The predicted octanol–water partition coefficient (Wildman–Crippen LogP) is 3.32. The lowest BCUT2D eigenvalue weighted by Crippen LogP contribution is -2.27. The van der Waals surface area contributed by atoms with Gasteiger partial charge in [-0.1, -0.05) is 30.3 Å². The Morgan fingerprint density at radius 2 is 1.92 bits per heavy atom. The van der Waals surface area contributed by atoms with Gasteiger partial charge in [0.2, 0.25) is 0 Å². The van der Waals surface area contributed by atoms with Crippen molar-refractivity contribution in [2.75, 3.05) is 31.3 Å².